The Bertz CT molecular complexity index is 962. The number of rotatable bonds is 7. The fraction of sp³-hybridized carbons (Fsp3) is 0.312. The summed E-state index contributed by atoms with van der Waals surface area (Å²) in [5.74, 6) is -1.61. The van der Waals surface area contributed by atoms with Crippen LogP contribution in [0.5, 0.6) is 5.75 Å². The Morgan fingerprint density at radius 3 is 2.48 bits per heavy atom. The molecule has 146 valence electrons. The number of amides is 1. The minimum atomic E-state index is -4.06. The highest BCUT2D eigenvalue weighted by atomic mass is 32.2. The van der Waals surface area contributed by atoms with E-state index >= 15 is 0 Å². The van der Waals surface area contributed by atoms with Gasteiger partial charge in [-0.2, -0.15) is 4.72 Å². The Morgan fingerprint density at radius 2 is 1.96 bits per heavy atom. The summed E-state index contributed by atoms with van der Waals surface area (Å²) < 4.78 is 36.9. The molecule has 1 atom stereocenters. The van der Waals surface area contributed by atoms with Crippen molar-refractivity contribution < 1.29 is 32.4 Å². The minimum Gasteiger partial charge on any atom is -0.497 e. The smallest absolute Gasteiger partial charge is 0.337 e. The number of nitrogens with zero attached hydrogens (tertiary/aromatic N) is 1. The predicted octanol–water partition coefficient (Wildman–Crippen LogP) is 1.30. The zero-order valence-corrected chi connectivity index (χ0v) is 15.9. The lowest BCUT2D eigenvalue weighted by atomic mass is 10.1. The molecular formula is C16H19N3O7S. The van der Waals surface area contributed by atoms with Crippen LogP contribution in [0.4, 0.5) is 5.69 Å². The highest BCUT2D eigenvalue weighted by molar-refractivity contribution is 7.89. The number of aromatic nitrogens is 1. The van der Waals surface area contributed by atoms with Crippen LogP contribution in [0.15, 0.2) is 27.6 Å². The van der Waals surface area contributed by atoms with Crippen molar-refractivity contribution in [3.8, 4) is 5.75 Å². The zero-order chi connectivity index (χ0) is 20.4. The number of carbonyl (C=O) groups excluding carboxylic acids is 1. The highest BCUT2D eigenvalue weighted by Crippen LogP contribution is 2.23. The van der Waals surface area contributed by atoms with E-state index in [4.69, 9.17) is 9.26 Å². The van der Waals surface area contributed by atoms with Crippen molar-refractivity contribution in [2.45, 2.75) is 31.7 Å². The summed E-state index contributed by atoms with van der Waals surface area (Å²) in [4.78, 5) is 23.6. The molecule has 0 aliphatic carbocycles. The summed E-state index contributed by atoms with van der Waals surface area (Å²) in [6.07, 6.45) is 0. The van der Waals surface area contributed by atoms with Gasteiger partial charge in [0, 0.05) is 0 Å². The van der Waals surface area contributed by atoms with Crippen LogP contribution in [-0.4, -0.2) is 43.7 Å². The molecule has 11 heteroatoms. The fourth-order valence-electron chi connectivity index (χ4n) is 2.38. The number of carbonyl (C=O) groups is 2. The first kappa shape index (κ1) is 20.4. The van der Waals surface area contributed by atoms with E-state index in [-0.39, 0.29) is 27.6 Å². The SMILES string of the molecule is COc1ccc(NC(=O)C(C)NS(=O)(=O)c2c(C)noc2C)c(C(=O)O)c1. The number of ether oxygens (including phenoxy) is 1. The van der Waals surface area contributed by atoms with E-state index < -0.39 is 27.9 Å². The molecule has 1 amide bonds. The van der Waals surface area contributed by atoms with Crippen LogP contribution in [0, 0.1) is 13.8 Å². The van der Waals surface area contributed by atoms with Gasteiger partial charge in [0.2, 0.25) is 15.9 Å². The van der Waals surface area contributed by atoms with Gasteiger partial charge in [-0.1, -0.05) is 5.16 Å². The van der Waals surface area contributed by atoms with E-state index in [2.05, 4.69) is 15.2 Å². The molecule has 0 radical (unpaired) electrons. The lowest BCUT2D eigenvalue weighted by Gasteiger charge is -2.15. The van der Waals surface area contributed by atoms with Gasteiger partial charge < -0.3 is 19.7 Å². The first-order chi connectivity index (χ1) is 12.6. The summed E-state index contributed by atoms with van der Waals surface area (Å²) in [7, 11) is -2.68. The number of hydrogen-bond acceptors (Lipinski definition) is 7. The van der Waals surface area contributed by atoms with Gasteiger partial charge in [0.15, 0.2) is 5.76 Å². The topological polar surface area (TPSA) is 148 Å². The average Bonchev–Trinajstić information content (AvgIpc) is 2.93. The van der Waals surface area contributed by atoms with Gasteiger partial charge in [0.25, 0.3) is 0 Å². The Morgan fingerprint density at radius 1 is 1.30 bits per heavy atom. The molecule has 1 aromatic carbocycles. The third-order valence-electron chi connectivity index (χ3n) is 3.68. The molecule has 1 heterocycles. The normalized spacial score (nSPS) is 12.4. The van der Waals surface area contributed by atoms with Gasteiger partial charge in [-0.3, -0.25) is 4.79 Å². The van der Waals surface area contributed by atoms with E-state index in [9.17, 15) is 23.1 Å². The van der Waals surface area contributed by atoms with E-state index in [1.165, 1.54) is 46.1 Å². The molecule has 1 aromatic heterocycles. The van der Waals surface area contributed by atoms with Gasteiger partial charge in [0.1, 0.15) is 16.3 Å². The lowest BCUT2D eigenvalue weighted by Crippen LogP contribution is -2.42. The molecule has 0 aliphatic heterocycles. The number of aromatic carboxylic acids is 1. The number of carboxylic acids is 1. The van der Waals surface area contributed by atoms with Gasteiger partial charge >= 0.3 is 5.97 Å². The second-order valence-corrected chi connectivity index (χ2v) is 7.35. The quantitative estimate of drug-likeness (QED) is 0.633. The van der Waals surface area contributed by atoms with Crippen molar-refractivity contribution in [3.05, 3.63) is 35.2 Å². The van der Waals surface area contributed by atoms with Crippen LogP contribution in [0.25, 0.3) is 0 Å². The lowest BCUT2D eigenvalue weighted by molar-refractivity contribution is -0.117. The molecule has 2 aromatic rings. The van der Waals surface area contributed by atoms with Crippen LogP contribution < -0.4 is 14.8 Å². The molecule has 0 spiro atoms. The first-order valence-electron chi connectivity index (χ1n) is 7.74. The highest BCUT2D eigenvalue weighted by Gasteiger charge is 2.28. The van der Waals surface area contributed by atoms with Crippen LogP contribution in [0.1, 0.15) is 28.7 Å². The third-order valence-corrected chi connectivity index (χ3v) is 5.46. The standard InChI is InChI=1S/C16H19N3O7S/c1-8-14(10(3)26-18-8)27(23,24)19-9(2)15(20)17-13-6-5-11(25-4)7-12(13)16(21)22/h5-7,9,19H,1-4H3,(H,17,20)(H,21,22). The molecule has 0 saturated heterocycles. The van der Waals surface area contributed by atoms with E-state index in [0.29, 0.717) is 5.75 Å². The molecule has 2 rings (SSSR count). The Balaban J connectivity index is 2.20. The Labute approximate surface area is 155 Å². The van der Waals surface area contributed by atoms with Gasteiger partial charge in [0.05, 0.1) is 24.4 Å². The van der Waals surface area contributed by atoms with Crippen molar-refractivity contribution >= 4 is 27.6 Å². The summed E-state index contributed by atoms with van der Waals surface area (Å²) in [5.41, 5.74) is -0.0175. The Kier molecular flexibility index (Phi) is 5.86. The summed E-state index contributed by atoms with van der Waals surface area (Å²) in [5, 5.41) is 15.3. The molecule has 0 saturated carbocycles. The summed E-state index contributed by atoms with van der Waals surface area (Å²) in [6, 6.07) is 2.89. The van der Waals surface area contributed by atoms with Gasteiger partial charge in [-0.15, -0.1) is 0 Å². The number of sulfonamides is 1. The van der Waals surface area contributed by atoms with Crippen molar-refractivity contribution in [3.63, 3.8) is 0 Å². The number of hydrogen-bond donors (Lipinski definition) is 3. The summed E-state index contributed by atoms with van der Waals surface area (Å²) in [6.45, 7) is 4.23. The molecule has 27 heavy (non-hydrogen) atoms. The van der Waals surface area contributed by atoms with E-state index in [1.807, 2.05) is 0 Å². The summed E-state index contributed by atoms with van der Waals surface area (Å²) >= 11 is 0. The number of carboxylic acid groups (broad SMARTS) is 1. The number of nitrogens with one attached hydrogen (secondary N) is 2. The third kappa shape index (κ3) is 4.44. The monoisotopic (exact) mass is 397 g/mol. The maximum Gasteiger partial charge on any atom is 0.337 e. The number of benzene rings is 1. The number of aryl methyl sites for hydroxylation is 2. The maximum atomic E-state index is 12.5. The average molecular weight is 397 g/mol. The minimum absolute atomic E-state index is 0.0108. The molecule has 0 fully saturated rings. The second kappa shape index (κ2) is 7.76. The van der Waals surface area contributed by atoms with Crippen LogP contribution in [0.2, 0.25) is 0 Å². The number of anilines is 1. The van der Waals surface area contributed by atoms with Crippen LogP contribution in [0.3, 0.4) is 0 Å². The molecule has 0 bridgehead atoms. The predicted molar refractivity (Wildman–Crippen MR) is 94.3 cm³/mol. The molecule has 1 unspecified atom stereocenters. The maximum absolute atomic E-state index is 12.5. The largest absolute Gasteiger partial charge is 0.497 e. The van der Waals surface area contributed by atoms with Crippen molar-refractivity contribution in [1.29, 1.82) is 0 Å². The Hall–Kier alpha value is -2.92. The van der Waals surface area contributed by atoms with E-state index in [1.54, 1.807) is 0 Å². The molecule has 3 N–H and O–H groups in total. The molecular weight excluding hydrogens is 378 g/mol. The second-order valence-electron chi connectivity index (χ2n) is 5.70. The van der Waals surface area contributed by atoms with Crippen molar-refractivity contribution in [2.24, 2.45) is 0 Å². The molecule has 0 aliphatic rings. The van der Waals surface area contributed by atoms with Crippen LogP contribution >= 0.6 is 0 Å². The zero-order valence-electron chi connectivity index (χ0n) is 15.1. The van der Waals surface area contributed by atoms with Gasteiger partial charge in [-0.25, -0.2) is 13.2 Å². The van der Waals surface area contributed by atoms with Crippen molar-refractivity contribution in [2.75, 3.05) is 12.4 Å². The van der Waals surface area contributed by atoms with E-state index in [0.717, 1.165) is 0 Å². The first-order valence-corrected chi connectivity index (χ1v) is 9.22. The van der Waals surface area contributed by atoms with Crippen molar-refractivity contribution in [1.82, 2.24) is 9.88 Å². The number of methoxy groups -OCH3 is 1. The van der Waals surface area contributed by atoms with Gasteiger partial charge in [-0.05, 0) is 39.0 Å². The fourth-order valence-corrected chi connectivity index (χ4v) is 3.91. The van der Waals surface area contributed by atoms with Crippen LogP contribution in [-0.2, 0) is 14.8 Å². The molecule has 10 nitrogen and oxygen atoms in total.